The summed E-state index contributed by atoms with van der Waals surface area (Å²) in [4.78, 5) is 4.60. The van der Waals surface area contributed by atoms with Crippen molar-refractivity contribution in [2.75, 3.05) is 12.4 Å². The third-order valence-corrected chi connectivity index (χ3v) is 3.42. The first-order valence-corrected chi connectivity index (χ1v) is 6.56. The van der Waals surface area contributed by atoms with Gasteiger partial charge in [0.2, 0.25) is 0 Å². The van der Waals surface area contributed by atoms with E-state index < -0.39 is 0 Å². The van der Waals surface area contributed by atoms with Gasteiger partial charge in [-0.05, 0) is 23.6 Å². The topological polar surface area (TPSA) is 24.9 Å². The van der Waals surface area contributed by atoms with Gasteiger partial charge in [-0.1, -0.05) is 44.0 Å². The Morgan fingerprint density at radius 3 is 2.33 bits per heavy atom. The van der Waals surface area contributed by atoms with Crippen LogP contribution in [0.15, 0.2) is 18.2 Å². The molecule has 1 heterocycles. The average Bonchev–Trinajstić information content (AvgIpc) is 2.25. The molecule has 18 heavy (non-hydrogen) atoms. The van der Waals surface area contributed by atoms with Crippen molar-refractivity contribution in [3.8, 4) is 0 Å². The van der Waals surface area contributed by atoms with E-state index in [9.17, 15) is 0 Å². The summed E-state index contributed by atoms with van der Waals surface area (Å²) in [6, 6.07) is 5.67. The monoisotopic (exact) mass is 282 g/mol. The van der Waals surface area contributed by atoms with Crippen molar-refractivity contribution in [3.63, 3.8) is 0 Å². The van der Waals surface area contributed by atoms with E-state index in [1.54, 1.807) is 6.07 Å². The van der Waals surface area contributed by atoms with Gasteiger partial charge in [0.15, 0.2) is 0 Å². The second-order valence-corrected chi connectivity index (χ2v) is 6.18. The molecular weight excluding hydrogens is 267 g/mol. The Morgan fingerprint density at radius 1 is 1.11 bits per heavy atom. The Balaban J connectivity index is 2.82. The molecule has 96 valence electrons. The van der Waals surface area contributed by atoms with Gasteiger partial charge in [0.1, 0.15) is 5.82 Å². The molecule has 1 N–H and O–H groups in total. The molecular formula is C14H16Cl2N2. The molecule has 0 aliphatic heterocycles. The number of pyridine rings is 1. The second-order valence-electron chi connectivity index (χ2n) is 5.34. The van der Waals surface area contributed by atoms with Crippen molar-refractivity contribution in [1.82, 2.24) is 4.98 Å². The number of rotatable bonds is 1. The number of anilines is 1. The largest absolute Gasteiger partial charge is 0.373 e. The lowest BCUT2D eigenvalue weighted by Gasteiger charge is -2.22. The van der Waals surface area contributed by atoms with Crippen LogP contribution in [0.1, 0.15) is 26.3 Å². The van der Waals surface area contributed by atoms with Crippen LogP contribution >= 0.6 is 23.2 Å². The third kappa shape index (κ3) is 2.40. The smallest absolute Gasteiger partial charge is 0.130 e. The first-order chi connectivity index (χ1) is 8.32. The molecule has 0 atom stereocenters. The Bertz CT molecular complexity index is 601. The van der Waals surface area contributed by atoms with E-state index >= 15 is 0 Å². The minimum absolute atomic E-state index is 0.00248. The van der Waals surface area contributed by atoms with Gasteiger partial charge < -0.3 is 5.32 Å². The summed E-state index contributed by atoms with van der Waals surface area (Å²) in [6.45, 7) is 6.46. The van der Waals surface area contributed by atoms with Crippen LogP contribution in [0.2, 0.25) is 10.0 Å². The average molecular weight is 283 g/mol. The van der Waals surface area contributed by atoms with Gasteiger partial charge in [-0.25, -0.2) is 4.98 Å². The number of benzene rings is 1. The summed E-state index contributed by atoms with van der Waals surface area (Å²) in [6.07, 6.45) is 0. The normalized spacial score (nSPS) is 11.9. The van der Waals surface area contributed by atoms with Crippen molar-refractivity contribution in [2.45, 2.75) is 26.2 Å². The van der Waals surface area contributed by atoms with Gasteiger partial charge in [0.05, 0.1) is 10.5 Å². The highest BCUT2D eigenvalue weighted by molar-refractivity contribution is 6.38. The Kier molecular flexibility index (Phi) is 3.43. The molecule has 0 radical (unpaired) electrons. The maximum atomic E-state index is 6.24. The molecule has 0 saturated heterocycles. The molecule has 0 bridgehead atoms. The predicted molar refractivity (Wildman–Crippen MR) is 80.0 cm³/mol. The molecule has 0 spiro atoms. The molecule has 2 nitrogen and oxygen atoms in total. The summed E-state index contributed by atoms with van der Waals surface area (Å²) in [5, 5.41) is 5.31. The zero-order valence-corrected chi connectivity index (χ0v) is 12.4. The van der Waals surface area contributed by atoms with Crippen LogP contribution in [0.4, 0.5) is 5.82 Å². The van der Waals surface area contributed by atoms with Gasteiger partial charge in [0.25, 0.3) is 0 Å². The third-order valence-electron chi connectivity index (χ3n) is 2.89. The van der Waals surface area contributed by atoms with E-state index in [2.05, 4.69) is 37.1 Å². The molecule has 4 heteroatoms. The Labute approximate surface area is 117 Å². The fourth-order valence-electron chi connectivity index (χ4n) is 1.96. The van der Waals surface area contributed by atoms with E-state index in [4.69, 9.17) is 23.2 Å². The quantitative estimate of drug-likeness (QED) is 0.806. The van der Waals surface area contributed by atoms with E-state index in [1.807, 2.05) is 13.1 Å². The Hall–Kier alpha value is -0.990. The zero-order chi connectivity index (χ0) is 13.5. The number of hydrogen-bond acceptors (Lipinski definition) is 2. The first kappa shape index (κ1) is 13.4. The first-order valence-electron chi connectivity index (χ1n) is 5.81. The van der Waals surface area contributed by atoms with Crippen LogP contribution in [0.5, 0.6) is 0 Å². The highest BCUT2D eigenvalue weighted by Crippen LogP contribution is 2.34. The lowest BCUT2D eigenvalue weighted by molar-refractivity contribution is 0.591. The number of halogens is 2. The van der Waals surface area contributed by atoms with Crippen molar-refractivity contribution in [3.05, 3.63) is 33.8 Å². The van der Waals surface area contributed by atoms with Crippen LogP contribution in [0, 0.1) is 0 Å². The zero-order valence-electron chi connectivity index (χ0n) is 10.9. The van der Waals surface area contributed by atoms with Crippen LogP contribution in [0.25, 0.3) is 10.9 Å². The van der Waals surface area contributed by atoms with Gasteiger partial charge in [-0.3, -0.25) is 0 Å². The fourth-order valence-corrected chi connectivity index (χ4v) is 2.50. The minimum atomic E-state index is 0.00248. The molecule has 1 aromatic carbocycles. The SMILES string of the molecule is CNc1nc2cc(Cl)cc(Cl)c2cc1C(C)(C)C. The highest BCUT2D eigenvalue weighted by Gasteiger charge is 2.20. The van der Waals surface area contributed by atoms with Crippen LogP contribution in [-0.2, 0) is 5.41 Å². The molecule has 1 aromatic heterocycles. The fraction of sp³-hybridized carbons (Fsp3) is 0.357. The van der Waals surface area contributed by atoms with E-state index in [-0.39, 0.29) is 5.41 Å². The molecule has 0 saturated carbocycles. The van der Waals surface area contributed by atoms with Gasteiger partial charge in [-0.15, -0.1) is 0 Å². The number of nitrogens with one attached hydrogen (secondary N) is 1. The summed E-state index contributed by atoms with van der Waals surface area (Å²) < 4.78 is 0. The summed E-state index contributed by atoms with van der Waals surface area (Å²) in [5.41, 5.74) is 1.95. The maximum absolute atomic E-state index is 6.24. The molecule has 0 aliphatic carbocycles. The maximum Gasteiger partial charge on any atom is 0.130 e. The molecule has 0 aliphatic rings. The van der Waals surface area contributed by atoms with Gasteiger partial charge in [0, 0.05) is 23.0 Å². The summed E-state index contributed by atoms with van der Waals surface area (Å²) in [5.74, 6) is 0.869. The lowest BCUT2D eigenvalue weighted by atomic mass is 9.86. The van der Waals surface area contributed by atoms with Crippen molar-refractivity contribution < 1.29 is 0 Å². The number of aromatic nitrogens is 1. The van der Waals surface area contributed by atoms with E-state index in [1.165, 1.54) is 0 Å². The summed E-state index contributed by atoms with van der Waals surface area (Å²) >= 11 is 12.2. The van der Waals surface area contributed by atoms with Gasteiger partial charge in [-0.2, -0.15) is 0 Å². The van der Waals surface area contributed by atoms with Crippen LogP contribution in [0.3, 0.4) is 0 Å². The Morgan fingerprint density at radius 2 is 1.78 bits per heavy atom. The van der Waals surface area contributed by atoms with Crippen molar-refractivity contribution in [1.29, 1.82) is 0 Å². The van der Waals surface area contributed by atoms with Gasteiger partial charge >= 0.3 is 0 Å². The lowest BCUT2D eigenvalue weighted by Crippen LogP contribution is -2.15. The number of hydrogen-bond donors (Lipinski definition) is 1. The molecule has 2 rings (SSSR count). The molecule has 0 fully saturated rings. The molecule has 2 aromatic rings. The molecule has 0 unspecified atom stereocenters. The summed E-state index contributed by atoms with van der Waals surface area (Å²) in [7, 11) is 1.87. The van der Waals surface area contributed by atoms with E-state index in [0.717, 1.165) is 22.3 Å². The minimum Gasteiger partial charge on any atom is -0.373 e. The predicted octanol–water partition coefficient (Wildman–Crippen LogP) is 4.88. The highest BCUT2D eigenvalue weighted by atomic mass is 35.5. The standard InChI is InChI=1S/C14H16Cl2N2/c1-14(2,3)10-7-9-11(16)5-8(15)6-12(9)18-13(10)17-4/h5-7H,1-4H3,(H,17,18). The van der Waals surface area contributed by atoms with Crippen molar-refractivity contribution in [2.24, 2.45) is 0 Å². The number of fused-ring (bicyclic) bond motifs is 1. The van der Waals surface area contributed by atoms with E-state index in [0.29, 0.717) is 10.0 Å². The molecule has 0 amide bonds. The van der Waals surface area contributed by atoms with Crippen LogP contribution in [-0.4, -0.2) is 12.0 Å². The number of nitrogens with zero attached hydrogens (tertiary/aromatic N) is 1. The van der Waals surface area contributed by atoms with Crippen LogP contribution < -0.4 is 5.32 Å². The van der Waals surface area contributed by atoms with Crippen molar-refractivity contribution >= 4 is 39.9 Å². The second kappa shape index (κ2) is 4.60.